The number of carbonyl (C=O) groups is 1. The quantitative estimate of drug-likeness (QED) is 0.742. The minimum atomic E-state index is -0.388. The summed E-state index contributed by atoms with van der Waals surface area (Å²) in [7, 11) is 0. The third-order valence-electron chi connectivity index (χ3n) is 2.38. The van der Waals surface area contributed by atoms with Gasteiger partial charge in [-0.3, -0.25) is 0 Å². The van der Waals surface area contributed by atoms with Gasteiger partial charge in [-0.05, 0) is 6.92 Å². The second-order valence-corrected chi connectivity index (χ2v) is 3.40. The maximum absolute atomic E-state index is 11.6. The molecule has 1 fully saturated rings. The summed E-state index contributed by atoms with van der Waals surface area (Å²) in [4.78, 5) is 17.8. The summed E-state index contributed by atoms with van der Waals surface area (Å²) in [6, 6.07) is 0. The van der Waals surface area contributed by atoms with E-state index in [0.717, 1.165) is 13.1 Å². The van der Waals surface area contributed by atoms with E-state index in [2.05, 4.69) is 4.98 Å². The van der Waals surface area contributed by atoms with Crippen molar-refractivity contribution in [1.29, 1.82) is 0 Å². The number of morpholine rings is 1. The van der Waals surface area contributed by atoms with E-state index in [4.69, 9.17) is 9.47 Å². The average Bonchev–Trinajstić information content (AvgIpc) is 2.79. The van der Waals surface area contributed by atoms with Crippen LogP contribution in [0.1, 0.15) is 6.92 Å². The van der Waals surface area contributed by atoms with Gasteiger partial charge in [0.2, 0.25) is 5.95 Å². The van der Waals surface area contributed by atoms with Crippen molar-refractivity contribution in [2.45, 2.75) is 6.92 Å². The Bertz CT molecular complexity index is 358. The first kappa shape index (κ1) is 10.9. The highest BCUT2D eigenvalue weighted by Crippen LogP contribution is 2.13. The fraction of sp³-hybridized carbons (Fsp3) is 0.600. The van der Waals surface area contributed by atoms with Gasteiger partial charge in [0, 0.05) is 25.5 Å². The van der Waals surface area contributed by atoms with Crippen molar-refractivity contribution < 1.29 is 14.3 Å². The molecule has 0 aromatic carbocycles. The maximum atomic E-state index is 11.6. The van der Waals surface area contributed by atoms with Crippen LogP contribution in [-0.4, -0.2) is 48.6 Å². The molecular formula is C10H15N3O3. The van der Waals surface area contributed by atoms with E-state index in [1.807, 2.05) is 4.90 Å². The lowest BCUT2D eigenvalue weighted by molar-refractivity contribution is 0.121. The second-order valence-electron chi connectivity index (χ2n) is 3.40. The summed E-state index contributed by atoms with van der Waals surface area (Å²) in [6.07, 6.45) is 2.83. The molecular weight excluding hydrogens is 210 g/mol. The van der Waals surface area contributed by atoms with E-state index in [-0.39, 0.29) is 6.09 Å². The van der Waals surface area contributed by atoms with E-state index in [1.165, 1.54) is 4.57 Å². The molecule has 16 heavy (non-hydrogen) atoms. The molecule has 1 aliphatic rings. The van der Waals surface area contributed by atoms with Crippen LogP contribution >= 0.6 is 0 Å². The molecule has 1 aromatic heterocycles. The highest BCUT2D eigenvalue weighted by atomic mass is 16.5. The monoisotopic (exact) mass is 225 g/mol. The smallest absolute Gasteiger partial charge is 0.420 e. The van der Waals surface area contributed by atoms with Crippen molar-refractivity contribution in [2.75, 3.05) is 37.8 Å². The van der Waals surface area contributed by atoms with Crippen LogP contribution < -0.4 is 4.90 Å². The Kier molecular flexibility index (Phi) is 3.40. The van der Waals surface area contributed by atoms with Crippen LogP contribution in [0.4, 0.5) is 10.7 Å². The predicted octanol–water partition coefficient (Wildman–Crippen LogP) is 0.724. The van der Waals surface area contributed by atoms with Gasteiger partial charge in [0.15, 0.2) is 0 Å². The average molecular weight is 225 g/mol. The first-order chi connectivity index (χ1) is 7.83. The van der Waals surface area contributed by atoms with Crippen LogP contribution in [0.3, 0.4) is 0 Å². The molecule has 88 valence electrons. The zero-order valence-corrected chi connectivity index (χ0v) is 9.26. The number of nitrogens with zero attached hydrogens (tertiary/aromatic N) is 3. The van der Waals surface area contributed by atoms with Crippen LogP contribution in [0.5, 0.6) is 0 Å². The van der Waals surface area contributed by atoms with E-state index in [1.54, 1.807) is 19.3 Å². The summed E-state index contributed by atoms with van der Waals surface area (Å²) in [5.41, 5.74) is 0. The molecule has 6 heteroatoms. The summed E-state index contributed by atoms with van der Waals surface area (Å²) < 4.78 is 11.6. The molecule has 6 nitrogen and oxygen atoms in total. The molecule has 2 rings (SSSR count). The molecule has 1 aliphatic heterocycles. The minimum Gasteiger partial charge on any atom is -0.449 e. The fourth-order valence-electron chi connectivity index (χ4n) is 1.63. The number of ether oxygens (including phenoxy) is 2. The first-order valence-corrected chi connectivity index (χ1v) is 5.36. The lowest BCUT2D eigenvalue weighted by Crippen LogP contribution is -2.38. The Morgan fingerprint density at radius 3 is 3.00 bits per heavy atom. The molecule has 0 bridgehead atoms. The Labute approximate surface area is 93.8 Å². The van der Waals surface area contributed by atoms with E-state index >= 15 is 0 Å². The normalized spacial score (nSPS) is 16.2. The topological polar surface area (TPSA) is 56.6 Å². The fourth-order valence-corrected chi connectivity index (χ4v) is 1.63. The summed E-state index contributed by atoms with van der Waals surface area (Å²) >= 11 is 0. The minimum absolute atomic E-state index is 0.361. The molecule has 0 aliphatic carbocycles. The van der Waals surface area contributed by atoms with Crippen molar-refractivity contribution in [1.82, 2.24) is 9.55 Å². The van der Waals surface area contributed by atoms with Gasteiger partial charge in [0.25, 0.3) is 0 Å². The Morgan fingerprint density at radius 1 is 1.56 bits per heavy atom. The van der Waals surface area contributed by atoms with Crippen molar-refractivity contribution in [3.8, 4) is 0 Å². The molecule has 1 saturated heterocycles. The third-order valence-corrected chi connectivity index (χ3v) is 2.38. The molecule has 1 aromatic rings. The zero-order valence-electron chi connectivity index (χ0n) is 9.26. The molecule has 0 N–H and O–H groups in total. The van der Waals surface area contributed by atoms with Crippen LogP contribution in [0.2, 0.25) is 0 Å². The predicted molar refractivity (Wildman–Crippen MR) is 57.7 cm³/mol. The highest BCUT2D eigenvalue weighted by Gasteiger charge is 2.19. The highest BCUT2D eigenvalue weighted by molar-refractivity contribution is 5.74. The third kappa shape index (κ3) is 2.16. The summed E-state index contributed by atoms with van der Waals surface area (Å²) in [5, 5.41) is 0. The standard InChI is InChI=1S/C10H15N3O3/c1-2-16-10(14)13-4-3-11-9(13)12-5-7-15-8-6-12/h3-4H,2,5-8H2,1H3. The number of anilines is 1. The van der Waals surface area contributed by atoms with Crippen molar-refractivity contribution >= 4 is 12.0 Å². The molecule has 0 unspecified atom stereocenters. The lowest BCUT2D eigenvalue weighted by atomic mass is 10.4. The largest absolute Gasteiger partial charge is 0.449 e. The SMILES string of the molecule is CCOC(=O)n1ccnc1N1CCOCC1. The molecule has 0 radical (unpaired) electrons. The molecule has 0 atom stereocenters. The number of aromatic nitrogens is 2. The number of hydrogen-bond acceptors (Lipinski definition) is 5. The van der Waals surface area contributed by atoms with Crippen molar-refractivity contribution in [3.05, 3.63) is 12.4 Å². The van der Waals surface area contributed by atoms with Gasteiger partial charge in [0.1, 0.15) is 0 Å². The Morgan fingerprint density at radius 2 is 2.31 bits per heavy atom. The lowest BCUT2D eigenvalue weighted by Gasteiger charge is -2.27. The van der Waals surface area contributed by atoms with E-state index in [0.29, 0.717) is 25.8 Å². The molecule has 0 amide bonds. The molecule has 0 saturated carbocycles. The zero-order chi connectivity index (χ0) is 11.4. The van der Waals surface area contributed by atoms with Gasteiger partial charge in [-0.2, -0.15) is 0 Å². The summed E-state index contributed by atoms with van der Waals surface area (Å²) in [5.74, 6) is 0.627. The van der Waals surface area contributed by atoms with Gasteiger partial charge in [-0.1, -0.05) is 0 Å². The van der Waals surface area contributed by atoms with E-state index < -0.39 is 0 Å². The van der Waals surface area contributed by atoms with Gasteiger partial charge in [0.05, 0.1) is 19.8 Å². The van der Waals surface area contributed by atoms with Crippen molar-refractivity contribution in [3.63, 3.8) is 0 Å². The number of rotatable bonds is 2. The van der Waals surface area contributed by atoms with Crippen LogP contribution in [0, 0.1) is 0 Å². The van der Waals surface area contributed by atoms with Gasteiger partial charge < -0.3 is 14.4 Å². The van der Waals surface area contributed by atoms with Crippen LogP contribution in [0.25, 0.3) is 0 Å². The maximum Gasteiger partial charge on any atom is 0.420 e. The van der Waals surface area contributed by atoms with Gasteiger partial charge in [-0.25, -0.2) is 14.3 Å². The van der Waals surface area contributed by atoms with Crippen LogP contribution in [0.15, 0.2) is 12.4 Å². The first-order valence-electron chi connectivity index (χ1n) is 5.36. The Hall–Kier alpha value is -1.56. The number of hydrogen-bond donors (Lipinski definition) is 0. The van der Waals surface area contributed by atoms with Crippen LogP contribution in [-0.2, 0) is 9.47 Å². The summed E-state index contributed by atoms with van der Waals surface area (Å²) in [6.45, 7) is 4.96. The number of carbonyl (C=O) groups excluding carboxylic acids is 1. The Balaban J connectivity index is 2.14. The van der Waals surface area contributed by atoms with Gasteiger partial charge >= 0.3 is 6.09 Å². The van der Waals surface area contributed by atoms with Crippen molar-refractivity contribution in [2.24, 2.45) is 0 Å². The number of imidazole rings is 1. The second kappa shape index (κ2) is 4.98. The van der Waals surface area contributed by atoms with E-state index in [9.17, 15) is 4.79 Å². The van der Waals surface area contributed by atoms with Gasteiger partial charge in [-0.15, -0.1) is 0 Å². The molecule has 0 spiro atoms. The molecule has 2 heterocycles.